The molecule has 2 aromatic carbocycles. The Kier molecular flexibility index (Phi) is 4.18. The minimum Gasteiger partial charge on any atom is -0.506 e. The minimum absolute atomic E-state index is 0.0372. The van der Waals surface area contributed by atoms with E-state index >= 15 is 0 Å². The van der Waals surface area contributed by atoms with Crippen molar-refractivity contribution in [3.63, 3.8) is 0 Å². The summed E-state index contributed by atoms with van der Waals surface area (Å²) in [5.41, 5.74) is 1.80. The Bertz CT molecular complexity index is 794. The molecule has 0 radical (unpaired) electrons. The molecule has 0 spiro atoms. The van der Waals surface area contributed by atoms with Crippen LogP contribution in [0.2, 0.25) is 0 Å². The molecule has 0 heterocycles. The van der Waals surface area contributed by atoms with Crippen LogP contribution in [0.4, 0.5) is 11.4 Å². The summed E-state index contributed by atoms with van der Waals surface area (Å²) in [7, 11) is -3.44. The molecule has 21 heavy (non-hydrogen) atoms. The Balaban J connectivity index is 2.26. The summed E-state index contributed by atoms with van der Waals surface area (Å²) in [5, 5.41) is 18.5. The molecule has 0 aliphatic heterocycles. The summed E-state index contributed by atoms with van der Waals surface area (Å²) < 4.78 is 23.1. The lowest BCUT2D eigenvalue weighted by atomic mass is 10.2. The molecule has 0 aliphatic rings. The highest BCUT2D eigenvalue weighted by molar-refractivity contribution is 7.94. The highest BCUT2D eigenvalue weighted by atomic mass is 32.2. The zero-order valence-corrected chi connectivity index (χ0v) is 12.2. The first-order chi connectivity index (χ1) is 9.92. The third kappa shape index (κ3) is 3.55. The second-order valence-corrected chi connectivity index (χ2v) is 6.29. The van der Waals surface area contributed by atoms with E-state index in [-0.39, 0.29) is 10.6 Å². The van der Waals surface area contributed by atoms with Crippen LogP contribution in [0.15, 0.2) is 69.6 Å². The van der Waals surface area contributed by atoms with Gasteiger partial charge in [0.05, 0.1) is 10.6 Å². The highest BCUT2D eigenvalue weighted by Gasteiger charge is 2.08. The second kappa shape index (κ2) is 5.88. The number of phenols is 1. The Morgan fingerprint density at radius 3 is 2.38 bits per heavy atom. The summed E-state index contributed by atoms with van der Waals surface area (Å²) in [5.74, 6) is 0.0372. The number of rotatable bonds is 4. The first kappa shape index (κ1) is 14.9. The molecular formula is C15H14N2O3S. The van der Waals surface area contributed by atoms with Gasteiger partial charge in [-0.15, -0.1) is 5.11 Å². The standard InChI is InChI=1S/C15H14N2O3S/c1-3-21(19,20)13-7-5-12(6-8-13)16-17-14-10-11(2)4-9-15(14)18/h3-10,18H,1H2,2H3. The van der Waals surface area contributed by atoms with Gasteiger partial charge in [-0.1, -0.05) is 12.6 Å². The quantitative estimate of drug-likeness (QED) is 0.866. The van der Waals surface area contributed by atoms with Crippen molar-refractivity contribution < 1.29 is 13.5 Å². The maximum atomic E-state index is 11.6. The molecule has 1 N–H and O–H groups in total. The van der Waals surface area contributed by atoms with Crippen molar-refractivity contribution in [2.75, 3.05) is 0 Å². The van der Waals surface area contributed by atoms with Crippen LogP contribution in [0.5, 0.6) is 5.75 Å². The molecule has 2 aromatic rings. The lowest BCUT2D eigenvalue weighted by molar-refractivity contribution is 0.476. The van der Waals surface area contributed by atoms with Crippen LogP contribution in [0.25, 0.3) is 0 Å². The maximum Gasteiger partial charge on any atom is 0.199 e. The van der Waals surface area contributed by atoms with Crippen LogP contribution < -0.4 is 0 Å². The smallest absolute Gasteiger partial charge is 0.199 e. The zero-order valence-electron chi connectivity index (χ0n) is 11.4. The molecule has 0 saturated heterocycles. The molecule has 5 nitrogen and oxygen atoms in total. The fraction of sp³-hybridized carbons (Fsp3) is 0.0667. The number of hydrogen-bond donors (Lipinski definition) is 1. The van der Waals surface area contributed by atoms with Gasteiger partial charge >= 0.3 is 0 Å². The molecule has 0 fully saturated rings. The Morgan fingerprint density at radius 2 is 1.76 bits per heavy atom. The summed E-state index contributed by atoms with van der Waals surface area (Å²) in [6.45, 7) is 5.15. The summed E-state index contributed by atoms with van der Waals surface area (Å²) in [6, 6.07) is 10.9. The molecule has 2 rings (SSSR count). The summed E-state index contributed by atoms with van der Waals surface area (Å²) in [4.78, 5) is 0.148. The first-order valence-corrected chi connectivity index (χ1v) is 7.66. The third-order valence-electron chi connectivity index (χ3n) is 2.79. The third-order valence-corrected chi connectivity index (χ3v) is 4.16. The predicted octanol–water partition coefficient (Wildman–Crippen LogP) is 4.03. The van der Waals surface area contributed by atoms with E-state index in [2.05, 4.69) is 16.8 Å². The maximum absolute atomic E-state index is 11.6. The van der Waals surface area contributed by atoms with Crippen LogP contribution in [0.3, 0.4) is 0 Å². The van der Waals surface area contributed by atoms with Crippen molar-refractivity contribution in [1.29, 1.82) is 0 Å². The van der Waals surface area contributed by atoms with E-state index < -0.39 is 9.84 Å². The van der Waals surface area contributed by atoms with E-state index in [9.17, 15) is 13.5 Å². The Hall–Kier alpha value is -2.47. The van der Waals surface area contributed by atoms with Crippen LogP contribution in [0.1, 0.15) is 5.56 Å². The summed E-state index contributed by atoms with van der Waals surface area (Å²) >= 11 is 0. The number of aryl methyl sites for hydroxylation is 1. The number of sulfone groups is 1. The van der Waals surface area contributed by atoms with Gasteiger partial charge in [0.2, 0.25) is 0 Å². The van der Waals surface area contributed by atoms with E-state index in [4.69, 9.17) is 0 Å². The number of nitrogens with zero attached hydrogens (tertiary/aromatic N) is 2. The topological polar surface area (TPSA) is 79.1 Å². The van der Waals surface area contributed by atoms with Crippen LogP contribution in [0, 0.1) is 6.92 Å². The van der Waals surface area contributed by atoms with Crippen molar-refractivity contribution in [3.8, 4) is 5.75 Å². The molecular weight excluding hydrogens is 288 g/mol. The number of benzene rings is 2. The summed E-state index contributed by atoms with van der Waals surface area (Å²) in [6.07, 6.45) is 0. The Labute approximate surface area is 123 Å². The molecule has 0 atom stereocenters. The van der Waals surface area contributed by atoms with Gasteiger partial charge in [0.1, 0.15) is 11.4 Å². The van der Waals surface area contributed by atoms with Crippen LogP contribution in [-0.4, -0.2) is 13.5 Å². The predicted molar refractivity (Wildman–Crippen MR) is 80.8 cm³/mol. The normalized spacial score (nSPS) is 11.7. The molecule has 0 bridgehead atoms. The fourth-order valence-corrected chi connectivity index (χ4v) is 2.33. The molecule has 0 aliphatic carbocycles. The molecule has 0 aromatic heterocycles. The van der Waals surface area contributed by atoms with Gasteiger partial charge in [-0.3, -0.25) is 0 Å². The number of phenolic OH excluding ortho intramolecular Hbond substituents is 1. The number of hydrogen-bond acceptors (Lipinski definition) is 5. The van der Waals surface area contributed by atoms with Crippen molar-refractivity contribution in [3.05, 3.63) is 60.0 Å². The van der Waals surface area contributed by atoms with Crippen molar-refractivity contribution in [2.45, 2.75) is 11.8 Å². The molecule has 108 valence electrons. The van der Waals surface area contributed by atoms with E-state index in [1.54, 1.807) is 18.2 Å². The monoisotopic (exact) mass is 302 g/mol. The van der Waals surface area contributed by atoms with Crippen molar-refractivity contribution in [1.82, 2.24) is 0 Å². The average Bonchev–Trinajstić information content (AvgIpc) is 2.48. The fourth-order valence-electron chi connectivity index (χ4n) is 1.62. The molecule has 0 saturated carbocycles. The van der Waals surface area contributed by atoms with Gasteiger partial charge < -0.3 is 5.11 Å². The van der Waals surface area contributed by atoms with Crippen LogP contribution >= 0.6 is 0 Å². The average molecular weight is 302 g/mol. The number of aromatic hydroxyl groups is 1. The van der Waals surface area contributed by atoms with Crippen LogP contribution in [-0.2, 0) is 9.84 Å². The van der Waals surface area contributed by atoms with Gasteiger partial charge in [-0.2, -0.15) is 5.11 Å². The largest absolute Gasteiger partial charge is 0.506 e. The van der Waals surface area contributed by atoms with E-state index in [0.29, 0.717) is 11.4 Å². The van der Waals surface area contributed by atoms with E-state index in [1.807, 2.05) is 6.92 Å². The second-order valence-electron chi connectivity index (χ2n) is 4.40. The highest BCUT2D eigenvalue weighted by Crippen LogP contribution is 2.29. The molecule has 6 heteroatoms. The minimum atomic E-state index is -3.44. The van der Waals surface area contributed by atoms with Gasteiger partial charge in [0.15, 0.2) is 9.84 Å². The van der Waals surface area contributed by atoms with Gasteiger partial charge in [-0.25, -0.2) is 8.42 Å². The van der Waals surface area contributed by atoms with Crippen molar-refractivity contribution >= 4 is 21.2 Å². The lowest BCUT2D eigenvalue weighted by Crippen LogP contribution is -1.94. The zero-order chi connectivity index (χ0) is 15.5. The van der Waals surface area contributed by atoms with E-state index in [0.717, 1.165) is 11.0 Å². The molecule has 0 amide bonds. The van der Waals surface area contributed by atoms with Crippen molar-refractivity contribution in [2.24, 2.45) is 10.2 Å². The van der Waals surface area contributed by atoms with Gasteiger partial charge in [0, 0.05) is 5.41 Å². The van der Waals surface area contributed by atoms with Gasteiger partial charge in [0.25, 0.3) is 0 Å². The van der Waals surface area contributed by atoms with E-state index in [1.165, 1.54) is 24.3 Å². The first-order valence-electron chi connectivity index (χ1n) is 6.11. The van der Waals surface area contributed by atoms with Gasteiger partial charge in [-0.05, 0) is 48.9 Å². The Morgan fingerprint density at radius 1 is 1.10 bits per heavy atom. The number of azo groups is 1. The SMILES string of the molecule is C=CS(=O)(=O)c1ccc(N=Nc2cc(C)ccc2O)cc1. The molecule has 0 unspecified atom stereocenters. The lowest BCUT2D eigenvalue weighted by Gasteiger charge is -2.00.